The summed E-state index contributed by atoms with van der Waals surface area (Å²) in [4.78, 5) is 43.3. The van der Waals surface area contributed by atoms with Crippen molar-refractivity contribution < 1.29 is 23.8 Å². The normalized spacial score (nSPS) is 15.0. The van der Waals surface area contributed by atoms with E-state index in [4.69, 9.17) is 25.8 Å². The van der Waals surface area contributed by atoms with Gasteiger partial charge in [-0.15, -0.1) is 0 Å². The first-order valence-corrected chi connectivity index (χ1v) is 12.4. The summed E-state index contributed by atoms with van der Waals surface area (Å²) in [6.07, 6.45) is 3.21. The minimum atomic E-state index is -0.860. The Hall–Kier alpha value is -3.95. The summed E-state index contributed by atoms with van der Waals surface area (Å²) in [5.41, 5.74) is 1.64. The number of thiazole rings is 1. The van der Waals surface area contributed by atoms with Gasteiger partial charge in [-0.3, -0.25) is 14.2 Å². The Balaban J connectivity index is 1.93. The number of halogens is 1. The van der Waals surface area contributed by atoms with Crippen LogP contribution in [0, 0.1) is 0 Å². The molecular formula is C27H23ClN2O6S. The topological polar surface area (TPSA) is 96.2 Å². The van der Waals surface area contributed by atoms with Crippen LogP contribution in [-0.2, 0) is 14.3 Å². The van der Waals surface area contributed by atoms with E-state index in [2.05, 4.69) is 11.6 Å². The maximum absolute atomic E-state index is 13.7. The maximum atomic E-state index is 13.7. The van der Waals surface area contributed by atoms with Crippen LogP contribution in [0.5, 0.6) is 11.5 Å². The average molecular weight is 539 g/mol. The molecule has 0 amide bonds. The molecule has 1 aromatic heterocycles. The number of hydrogen-bond donors (Lipinski definition) is 0. The first-order valence-electron chi connectivity index (χ1n) is 11.2. The van der Waals surface area contributed by atoms with Crippen LogP contribution in [0.3, 0.4) is 0 Å². The number of ether oxygens (including phenoxy) is 3. The molecule has 0 radical (unpaired) electrons. The number of allylic oxidation sites excluding steroid dienone is 1. The molecule has 1 aliphatic heterocycles. The zero-order valence-corrected chi connectivity index (χ0v) is 21.9. The number of methoxy groups -OCH3 is 1. The highest BCUT2D eigenvalue weighted by Gasteiger charge is 2.34. The van der Waals surface area contributed by atoms with Gasteiger partial charge in [0.15, 0.2) is 16.3 Å². The third kappa shape index (κ3) is 5.42. The highest BCUT2D eigenvalue weighted by Crippen LogP contribution is 2.36. The number of carbonyl (C=O) groups is 2. The molecule has 2 aromatic carbocycles. The van der Waals surface area contributed by atoms with Gasteiger partial charge in [0.05, 0.1) is 29.0 Å². The zero-order valence-electron chi connectivity index (χ0n) is 20.3. The van der Waals surface area contributed by atoms with E-state index >= 15 is 0 Å². The van der Waals surface area contributed by atoms with E-state index < -0.39 is 18.0 Å². The maximum Gasteiger partial charge on any atom is 0.338 e. The second-order valence-electron chi connectivity index (χ2n) is 8.02. The first-order chi connectivity index (χ1) is 17.7. The summed E-state index contributed by atoms with van der Waals surface area (Å²) in [6, 6.07) is 11.1. The molecule has 2 heterocycles. The Kier molecular flexibility index (Phi) is 7.75. The largest absolute Gasteiger partial charge is 0.493 e. The van der Waals surface area contributed by atoms with Crippen molar-refractivity contribution in [3.8, 4) is 11.5 Å². The second kappa shape index (κ2) is 11.0. The summed E-state index contributed by atoms with van der Waals surface area (Å²) in [7, 11) is 1.43. The molecule has 37 heavy (non-hydrogen) atoms. The fraction of sp³-hybridized carbons (Fsp3) is 0.185. The Morgan fingerprint density at radius 2 is 1.92 bits per heavy atom. The van der Waals surface area contributed by atoms with Gasteiger partial charge in [0, 0.05) is 11.9 Å². The third-order valence-corrected chi connectivity index (χ3v) is 6.73. The van der Waals surface area contributed by atoms with Crippen LogP contribution in [0.15, 0.2) is 76.2 Å². The van der Waals surface area contributed by atoms with Crippen molar-refractivity contribution in [1.82, 2.24) is 4.57 Å². The van der Waals surface area contributed by atoms with Gasteiger partial charge in [0.1, 0.15) is 6.61 Å². The van der Waals surface area contributed by atoms with E-state index in [1.54, 1.807) is 55.5 Å². The Labute approximate surface area is 221 Å². The number of hydrogen-bond acceptors (Lipinski definition) is 8. The quantitative estimate of drug-likeness (QED) is 0.259. The van der Waals surface area contributed by atoms with Gasteiger partial charge in [-0.2, -0.15) is 0 Å². The molecule has 1 atom stereocenters. The average Bonchev–Trinajstić information content (AvgIpc) is 3.17. The predicted octanol–water partition coefficient (Wildman–Crippen LogP) is 3.55. The molecular weight excluding hydrogens is 516 g/mol. The number of aromatic nitrogens is 1. The van der Waals surface area contributed by atoms with Gasteiger partial charge >= 0.3 is 11.9 Å². The molecule has 1 aliphatic rings. The van der Waals surface area contributed by atoms with Crippen LogP contribution in [0.25, 0.3) is 6.08 Å². The lowest BCUT2D eigenvalue weighted by molar-refractivity contribution is -0.138. The van der Waals surface area contributed by atoms with E-state index in [0.717, 1.165) is 5.56 Å². The van der Waals surface area contributed by atoms with E-state index in [0.29, 0.717) is 25.6 Å². The lowest BCUT2D eigenvalue weighted by atomic mass is 9.95. The Morgan fingerprint density at radius 1 is 1.19 bits per heavy atom. The molecule has 0 saturated heterocycles. The van der Waals surface area contributed by atoms with Crippen LogP contribution in [0.2, 0.25) is 5.02 Å². The number of rotatable bonds is 7. The number of carbonyl (C=O) groups excluding carboxylic acids is 2. The summed E-state index contributed by atoms with van der Waals surface area (Å²) in [5.74, 6) is -0.651. The lowest BCUT2D eigenvalue weighted by Gasteiger charge is -2.25. The fourth-order valence-corrected chi connectivity index (χ4v) is 5.09. The van der Waals surface area contributed by atoms with Crippen LogP contribution < -0.4 is 24.4 Å². The Bertz CT molecular complexity index is 1600. The molecule has 0 aliphatic carbocycles. The number of nitrogens with zero attached hydrogens (tertiary/aromatic N) is 2. The number of benzene rings is 2. The molecule has 190 valence electrons. The fourth-order valence-electron chi connectivity index (χ4n) is 3.91. The molecule has 0 fully saturated rings. The van der Waals surface area contributed by atoms with Crippen molar-refractivity contribution in [2.45, 2.75) is 19.9 Å². The van der Waals surface area contributed by atoms with Gasteiger partial charge in [-0.05, 0) is 48.4 Å². The van der Waals surface area contributed by atoms with Gasteiger partial charge < -0.3 is 14.2 Å². The van der Waals surface area contributed by atoms with Crippen molar-refractivity contribution in [3.63, 3.8) is 0 Å². The minimum Gasteiger partial charge on any atom is -0.493 e. The first kappa shape index (κ1) is 26.1. The number of fused-ring (bicyclic) bond motifs is 1. The van der Waals surface area contributed by atoms with Gasteiger partial charge in [0.2, 0.25) is 0 Å². The second-order valence-corrected chi connectivity index (χ2v) is 9.47. The molecule has 3 aromatic rings. The van der Waals surface area contributed by atoms with Gasteiger partial charge in [-0.25, -0.2) is 9.79 Å². The summed E-state index contributed by atoms with van der Waals surface area (Å²) >= 11 is 7.20. The summed E-state index contributed by atoms with van der Waals surface area (Å²) < 4.78 is 17.9. The minimum absolute atomic E-state index is 0.00195. The standard InChI is InChI=1S/C27H23ClN2O6S/c1-5-12-35-26(33)23-15(2)29-27-30(25(32)22(37-27)13-17-6-9-19(28)10-7-17)24(23)18-8-11-20(36-16(3)31)21(14-18)34-4/h5-11,13-14,24H,1,12H2,2-4H3/b22-13-. The summed E-state index contributed by atoms with van der Waals surface area (Å²) in [6.45, 7) is 6.56. The van der Waals surface area contributed by atoms with Crippen molar-refractivity contribution in [2.24, 2.45) is 4.99 Å². The molecule has 10 heteroatoms. The van der Waals surface area contributed by atoms with Crippen LogP contribution in [-0.4, -0.2) is 30.2 Å². The van der Waals surface area contributed by atoms with E-state index in [-0.39, 0.29) is 29.2 Å². The van der Waals surface area contributed by atoms with Crippen LogP contribution in [0.1, 0.15) is 31.0 Å². The van der Waals surface area contributed by atoms with Crippen molar-refractivity contribution >= 4 is 41.0 Å². The highest BCUT2D eigenvalue weighted by molar-refractivity contribution is 7.07. The third-order valence-electron chi connectivity index (χ3n) is 5.50. The molecule has 8 nitrogen and oxygen atoms in total. The smallest absolute Gasteiger partial charge is 0.338 e. The van der Waals surface area contributed by atoms with Gasteiger partial charge in [-0.1, -0.05) is 53.8 Å². The molecule has 0 bridgehead atoms. The van der Waals surface area contributed by atoms with Crippen molar-refractivity contribution in [2.75, 3.05) is 13.7 Å². The van der Waals surface area contributed by atoms with Crippen molar-refractivity contribution in [3.05, 3.63) is 102 Å². The molecule has 0 N–H and O–H groups in total. The monoisotopic (exact) mass is 538 g/mol. The molecule has 0 saturated carbocycles. The lowest BCUT2D eigenvalue weighted by Crippen LogP contribution is -2.40. The van der Waals surface area contributed by atoms with Crippen LogP contribution >= 0.6 is 22.9 Å². The predicted molar refractivity (Wildman–Crippen MR) is 141 cm³/mol. The zero-order chi connectivity index (χ0) is 26.7. The SMILES string of the molecule is C=CCOC(=O)C1=C(C)N=c2s/c(=C\c3ccc(Cl)cc3)c(=O)n2C1c1ccc(OC(C)=O)c(OC)c1. The Morgan fingerprint density at radius 3 is 2.57 bits per heavy atom. The van der Waals surface area contributed by atoms with E-state index in [1.165, 1.54) is 36.0 Å². The number of esters is 2. The molecule has 1 unspecified atom stereocenters. The van der Waals surface area contributed by atoms with Gasteiger partial charge in [0.25, 0.3) is 5.56 Å². The highest BCUT2D eigenvalue weighted by atomic mass is 35.5. The molecule has 4 rings (SSSR count). The van der Waals surface area contributed by atoms with E-state index in [9.17, 15) is 14.4 Å². The summed E-state index contributed by atoms with van der Waals surface area (Å²) in [5, 5.41) is 0.586. The van der Waals surface area contributed by atoms with Crippen molar-refractivity contribution in [1.29, 1.82) is 0 Å². The van der Waals surface area contributed by atoms with Crippen LogP contribution in [0.4, 0.5) is 0 Å². The molecule has 0 spiro atoms. The van der Waals surface area contributed by atoms with E-state index in [1.807, 2.05) is 0 Å².